The Labute approximate surface area is 84.3 Å². The van der Waals surface area contributed by atoms with Gasteiger partial charge in [-0.1, -0.05) is 6.07 Å². The number of methoxy groups -OCH3 is 1. The van der Waals surface area contributed by atoms with Gasteiger partial charge in [-0.05, 0) is 42.6 Å². The van der Waals surface area contributed by atoms with Gasteiger partial charge in [0.1, 0.15) is 5.75 Å². The van der Waals surface area contributed by atoms with Gasteiger partial charge in [-0.25, -0.2) is 0 Å². The van der Waals surface area contributed by atoms with E-state index in [1.54, 1.807) is 7.11 Å². The molecule has 14 heavy (non-hydrogen) atoms. The van der Waals surface area contributed by atoms with Gasteiger partial charge < -0.3 is 10.1 Å². The van der Waals surface area contributed by atoms with Gasteiger partial charge >= 0.3 is 0 Å². The number of nitrogens with one attached hydrogen (secondary N) is 1. The molecule has 2 aliphatic rings. The predicted octanol–water partition coefficient (Wildman–Crippen LogP) is 1.70. The molecule has 2 atom stereocenters. The van der Waals surface area contributed by atoms with Crippen LogP contribution in [-0.4, -0.2) is 19.7 Å². The second-order valence-electron chi connectivity index (χ2n) is 4.22. The van der Waals surface area contributed by atoms with Crippen molar-refractivity contribution < 1.29 is 4.74 Å². The van der Waals surface area contributed by atoms with Gasteiger partial charge in [0, 0.05) is 12.0 Å². The van der Waals surface area contributed by atoms with E-state index < -0.39 is 0 Å². The summed E-state index contributed by atoms with van der Waals surface area (Å²) in [6.45, 7) is 1.17. The van der Waals surface area contributed by atoms with Crippen molar-refractivity contribution in [1.29, 1.82) is 0 Å². The second-order valence-corrected chi connectivity index (χ2v) is 4.22. The van der Waals surface area contributed by atoms with Crippen LogP contribution in [0.5, 0.6) is 5.75 Å². The molecule has 0 unspecified atom stereocenters. The number of hydrogen-bond donors (Lipinski definition) is 1. The van der Waals surface area contributed by atoms with Gasteiger partial charge in [-0.3, -0.25) is 0 Å². The molecule has 0 saturated carbocycles. The summed E-state index contributed by atoms with van der Waals surface area (Å²) in [4.78, 5) is 0. The Morgan fingerprint density at radius 3 is 3.21 bits per heavy atom. The molecule has 1 N–H and O–H groups in total. The van der Waals surface area contributed by atoms with Crippen molar-refractivity contribution in [3.63, 3.8) is 0 Å². The molecule has 0 aromatic heterocycles. The lowest BCUT2D eigenvalue weighted by Gasteiger charge is -2.09. The van der Waals surface area contributed by atoms with Crippen molar-refractivity contribution in [2.75, 3.05) is 13.7 Å². The first-order valence-electron chi connectivity index (χ1n) is 5.28. The Balaban J connectivity index is 2.03. The highest BCUT2D eigenvalue weighted by Crippen LogP contribution is 2.40. The molecule has 1 aromatic carbocycles. The lowest BCUT2D eigenvalue weighted by Crippen LogP contribution is -2.23. The minimum atomic E-state index is 0.692. The van der Waals surface area contributed by atoms with Gasteiger partial charge in [-0.15, -0.1) is 0 Å². The van der Waals surface area contributed by atoms with Gasteiger partial charge in [0.2, 0.25) is 0 Å². The SMILES string of the molecule is COc1ccc2c(c1)[C@@H]1CCN[C@@H]1C2. The van der Waals surface area contributed by atoms with Gasteiger partial charge in [-0.2, -0.15) is 0 Å². The topological polar surface area (TPSA) is 21.3 Å². The largest absolute Gasteiger partial charge is 0.497 e. The highest BCUT2D eigenvalue weighted by molar-refractivity contribution is 5.43. The Morgan fingerprint density at radius 2 is 2.36 bits per heavy atom. The van der Waals surface area contributed by atoms with Crippen molar-refractivity contribution >= 4 is 0 Å². The van der Waals surface area contributed by atoms with Crippen LogP contribution in [0.15, 0.2) is 18.2 Å². The van der Waals surface area contributed by atoms with Gasteiger partial charge in [0.25, 0.3) is 0 Å². The van der Waals surface area contributed by atoms with Crippen LogP contribution in [0.3, 0.4) is 0 Å². The third-order valence-electron chi connectivity index (χ3n) is 3.54. The number of rotatable bonds is 1. The fourth-order valence-electron chi connectivity index (χ4n) is 2.82. The zero-order valence-electron chi connectivity index (χ0n) is 8.42. The molecular formula is C12H15NO. The maximum absolute atomic E-state index is 5.27. The summed E-state index contributed by atoms with van der Waals surface area (Å²) in [5, 5.41) is 3.56. The smallest absolute Gasteiger partial charge is 0.119 e. The van der Waals surface area contributed by atoms with E-state index >= 15 is 0 Å². The highest BCUT2D eigenvalue weighted by atomic mass is 16.5. The summed E-state index contributed by atoms with van der Waals surface area (Å²) in [7, 11) is 1.74. The quantitative estimate of drug-likeness (QED) is 0.726. The summed E-state index contributed by atoms with van der Waals surface area (Å²) < 4.78 is 5.27. The Bertz CT molecular complexity index is 361. The van der Waals surface area contributed by atoms with E-state index in [1.807, 2.05) is 0 Å². The molecule has 1 saturated heterocycles. The average molecular weight is 189 g/mol. The third-order valence-corrected chi connectivity index (χ3v) is 3.54. The van der Waals surface area contributed by atoms with Crippen molar-refractivity contribution in [3.05, 3.63) is 29.3 Å². The minimum Gasteiger partial charge on any atom is -0.497 e. The fraction of sp³-hybridized carbons (Fsp3) is 0.500. The lowest BCUT2D eigenvalue weighted by atomic mass is 9.98. The average Bonchev–Trinajstić information content (AvgIpc) is 2.76. The van der Waals surface area contributed by atoms with E-state index in [1.165, 1.54) is 30.5 Å². The molecule has 0 bridgehead atoms. The number of fused-ring (bicyclic) bond motifs is 3. The van der Waals surface area contributed by atoms with Crippen LogP contribution in [0.2, 0.25) is 0 Å². The van der Waals surface area contributed by atoms with Crippen LogP contribution in [0, 0.1) is 0 Å². The maximum atomic E-state index is 5.27. The maximum Gasteiger partial charge on any atom is 0.119 e. The molecule has 3 rings (SSSR count). The van der Waals surface area contributed by atoms with Crippen LogP contribution in [0.1, 0.15) is 23.5 Å². The summed E-state index contributed by atoms with van der Waals surface area (Å²) in [6.07, 6.45) is 2.48. The normalized spacial score (nSPS) is 28.6. The predicted molar refractivity (Wildman–Crippen MR) is 55.8 cm³/mol. The lowest BCUT2D eigenvalue weighted by molar-refractivity contribution is 0.414. The molecule has 1 aromatic rings. The molecule has 0 radical (unpaired) electrons. The standard InChI is InChI=1S/C12H15NO/c1-14-9-3-2-8-6-12-10(4-5-13-12)11(8)7-9/h2-3,7,10,12-13H,4-6H2,1H3/t10-,12+/m0/s1. The molecule has 0 amide bonds. The summed E-state index contributed by atoms with van der Waals surface area (Å²) in [5.74, 6) is 1.73. The molecule has 0 spiro atoms. The van der Waals surface area contributed by atoms with Crippen LogP contribution >= 0.6 is 0 Å². The van der Waals surface area contributed by atoms with E-state index in [9.17, 15) is 0 Å². The van der Waals surface area contributed by atoms with Crippen LogP contribution in [0.25, 0.3) is 0 Å². The summed E-state index contributed by atoms with van der Waals surface area (Å²) in [5.41, 5.74) is 3.02. The fourth-order valence-corrected chi connectivity index (χ4v) is 2.82. The molecule has 74 valence electrons. The van der Waals surface area contributed by atoms with Gasteiger partial charge in [0.15, 0.2) is 0 Å². The highest BCUT2D eigenvalue weighted by Gasteiger charge is 2.35. The van der Waals surface area contributed by atoms with E-state index in [0.717, 1.165) is 11.7 Å². The van der Waals surface area contributed by atoms with Crippen molar-refractivity contribution in [2.45, 2.75) is 24.8 Å². The van der Waals surface area contributed by atoms with Crippen LogP contribution < -0.4 is 10.1 Å². The monoisotopic (exact) mass is 189 g/mol. The van der Waals surface area contributed by atoms with Crippen molar-refractivity contribution in [3.8, 4) is 5.75 Å². The van der Waals surface area contributed by atoms with E-state index in [-0.39, 0.29) is 0 Å². The zero-order chi connectivity index (χ0) is 9.54. The Morgan fingerprint density at radius 1 is 1.43 bits per heavy atom. The van der Waals surface area contributed by atoms with Crippen molar-refractivity contribution in [1.82, 2.24) is 5.32 Å². The van der Waals surface area contributed by atoms with E-state index in [0.29, 0.717) is 6.04 Å². The van der Waals surface area contributed by atoms with Crippen LogP contribution in [-0.2, 0) is 6.42 Å². The minimum absolute atomic E-state index is 0.692. The number of benzene rings is 1. The van der Waals surface area contributed by atoms with Crippen molar-refractivity contribution in [2.24, 2.45) is 0 Å². The Kier molecular flexibility index (Phi) is 1.77. The summed E-state index contributed by atoms with van der Waals surface area (Å²) >= 11 is 0. The first-order chi connectivity index (χ1) is 6.88. The molecule has 1 heterocycles. The molecule has 1 aliphatic carbocycles. The first kappa shape index (κ1) is 8.30. The molecular weight excluding hydrogens is 174 g/mol. The van der Waals surface area contributed by atoms with Gasteiger partial charge in [0.05, 0.1) is 7.11 Å². The number of ether oxygens (including phenoxy) is 1. The van der Waals surface area contributed by atoms with E-state index in [4.69, 9.17) is 4.74 Å². The number of hydrogen-bond acceptors (Lipinski definition) is 2. The van der Waals surface area contributed by atoms with E-state index in [2.05, 4.69) is 23.5 Å². The zero-order valence-corrected chi connectivity index (χ0v) is 8.42. The molecule has 1 fully saturated rings. The van der Waals surface area contributed by atoms with Crippen LogP contribution in [0.4, 0.5) is 0 Å². The first-order valence-corrected chi connectivity index (χ1v) is 5.28. The third kappa shape index (κ3) is 1.07. The molecule has 1 aliphatic heterocycles. The second kappa shape index (κ2) is 2.99. The summed E-state index contributed by atoms with van der Waals surface area (Å²) in [6, 6.07) is 7.19. The Hall–Kier alpha value is -1.02. The molecule has 2 heteroatoms. The molecule has 2 nitrogen and oxygen atoms in total.